The fraction of sp³-hybridized carbons (Fsp3) is 0.182. The van der Waals surface area contributed by atoms with Crippen LogP contribution in [0.4, 0.5) is 0 Å². The van der Waals surface area contributed by atoms with Gasteiger partial charge in [0.2, 0.25) is 0 Å². The molecule has 0 saturated heterocycles. The minimum absolute atomic E-state index is 0.0593. The van der Waals surface area contributed by atoms with Gasteiger partial charge in [-0.3, -0.25) is 0 Å². The molecule has 0 spiro atoms. The van der Waals surface area contributed by atoms with Gasteiger partial charge in [-0.25, -0.2) is 14.8 Å². The van der Waals surface area contributed by atoms with E-state index in [9.17, 15) is 9.90 Å². The molecular weight excluding hydrogens is 693 g/mol. The summed E-state index contributed by atoms with van der Waals surface area (Å²) in [6, 6.07) is 43.0. The van der Waals surface area contributed by atoms with Crippen molar-refractivity contribution >= 4 is 45.4 Å². The molecule has 1 N–H and O–H groups in total. The lowest BCUT2D eigenvalue weighted by Gasteiger charge is -2.45. The zero-order valence-electron chi connectivity index (χ0n) is 30.2. The van der Waals surface area contributed by atoms with Gasteiger partial charge in [0.15, 0.2) is 5.11 Å². The first-order valence-corrected chi connectivity index (χ1v) is 18.5. The number of para-hydroxylation sites is 5. The highest BCUT2D eigenvalue weighted by molar-refractivity contribution is 7.80. The van der Waals surface area contributed by atoms with Crippen LogP contribution in [0.5, 0.6) is 5.75 Å². The highest BCUT2D eigenvalue weighted by Gasteiger charge is 2.42. The molecule has 54 heavy (non-hydrogen) atoms. The maximum Gasteiger partial charge on any atom is 0.338 e. The third kappa shape index (κ3) is 6.60. The van der Waals surface area contributed by atoms with Gasteiger partial charge in [0.25, 0.3) is 0 Å². The second-order valence-corrected chi connectivity index (χ2v) is 13.7. The van der Waals surface area contributed by atoms with Crippen LogP contribution < -0.4 is 0 Å². The van der Waals surface area contributed by atoms with E-state index in [0.29, 0.717) is 41.5 Å². The van der Waals surface area contributed by atoms with Crippen molar-refractivity contribution in [3.05, 3.63) is 173 Å². The number of imidazole rings is 2. The number of hydrogen-bond acceptors (Lipinski definition) is 6. The average molecular weight is 733 g/mol. The number of nitrogens with zero attached hydrogens (tertiary/aromatic N) is 6. The first-order chi connectivity index (χ1) is 26.4. The Morgan fingerprint density at radius 2 is 1.20 bits per heavy atom. The van der Waals surface area contributed by atoms with Gasteiger partial charge in [0, 0.05) is 24.1 Å². The Balaban J connectivity index is 1.30. The van der Waals surface area contributed by atoms with Crippen LogP contribution in [-0.2, 0) is 35.7 Å². The number of thiocarbonyl (C=S) groups is 1. The Morgan fingerprint density at radius 3 is 1.76 bits per heavy atom. The lowest BCUT2D eigenvalue weighted by Crippen LogP contribution is -2.51. The fourth-order valence-corrected chi connectivity index (χ4v) is 7.77. The molecule has 5 aromatic carbocycles. The van der Waals surface area contributed by atoms with E-state index in [4.69, 9.17) is 26.9 Å². The Bertz CT molecular complexity index is 2510. The third-order valence-corrected chi connectivity index (χ3v) is 10.5. The predicted molar refractivity (Wildman–Crippen MR) is 214 cm³/mol. The lowest BCUT2D eigenvalue weighted by molar-refractivity contribution is -0.139. The van der Waals surface area contributed by atoms with Crippen LogP contribution in [0.15, 0.2) is 145 Å². The van der Waals surface area contributed by atoms with Gasteiger partial charge in [0.1, 0.15) is 24.1 Å². The molecule has 0 radical (unpaired) electrons. The molecule has 0 saturated carbocycles. The molecule has 0 bridgehead atoms. The SMILES string of the molecule is CCOC(=O)C1=C(C)N(Cn2c(Cc3ccccc3)nc3ccccc32)C(=S)N(Cn2c(Cc3ccccc3)nc3ccccc32)C1c1ccccc1O. The summed E-state index contributed by atoms with van der Waals surface area (Å²) in [7, 11) is 0. The van der Waals surface area contributed by atoms with Crippen LogP contribution in [0, 0.1) is 0 Å². The first kappa shape index (κ1) is 34.8. The van der Waals surface area contributed by atoms with Crippen LogP contribution in [0.25, 0.3) is 22.1 Å². The topological polar surface area (TPSA) is 88.7 Å². The highest BCUT2D eigenvalue weighted by atomic mass is 32.1. The van der Waals surface area contributed by atoms with E-state index >= 15 is 0 Å². The molecule has 270 valence electrons. The van der Waals surface area contributed by atoms with Gasteiger partial charge in [-0.05, 0) is 67.5 Å². The number of rotatable bonds is 11. The van der Waals surface area contributed by atoms with E-state index in [1.54, 1.807) is 19.1 Å². The van der Waals surface area contributed by atoms with Crippen LogP contribution in [0.3, 0.4) is 0 Å². The number of phenols is 1. The maximum atomic E-state index is 14.3. The minimum Gasteiger partial charge on any atom is -0.508 e. The number of carbonyl (C=O) groups excluding carboxylic acids is 1. The molecule has 9 nitrogen and oxygen atoms in total. The summed E-state index contributed by atoms with van der Waals surface area (Å²) >= 11 is 6.50. The molecule has 7 aromatic rings. The predicted octanol–water partition coefficient (Wildman–Crippen LogP) is 8.37. The summed E-state index contributed by atoms with van der Waals surface area (Å²) in [5.74, 6) is 1.31. The largest absolute Gasteiger partial charge is 0.508 e. The summed E-state index contributed by atoms with van der Waals surface area (Å²) in [5.41, 5.74) is 7.47. The standard InChI is InChI=1S/C44H40N6O3S/c1-3-53-43(52)41-30(2)47(28-48-36-23-13-11-21-34(36)45-39(48)26-31-16-6-4-7-17-31)44(54)50(42(41)33-20-10-15-25-38(33)51)29-49-37-24-14-12-22-35(37)46-40(49)27-32-18-8-5-9-19-32/h4-25,42,51H,3,26-29H2,1-2H3. The molecule has 0 amide bonds. The van der Waals surface area contributed by atoms with Crippen molar-refractivity contribution in [3.63, 3.8) is 0 Å². The van der Waals surface area contributed by atoms with Crippen molar-refractivity contribution in [2.45, 2.75) is 46.1 Å². The molecule has 8 rings (SSSR count). The molecule has 1 aliphatic rings. The van der Waals surface area contributed by atoms with Crippen molar-refractivity contribution in [1.29, 1.82) is 0 Å². The highest BCUT2D eigenvalue weighted by Crippen LogP contribution is 2.42. The molecule has 0 aliphatic carbocycles. The van der Waals surface area contributed by atoms with E-state index in [1.807, 2.05) is 102 Å². The summed E-state index contributed by atoms with van der Waals surface area (Å²) < 4.78 is 10.1. The summed E-state index contributed by atoms with van der Waals surface area (Å²) in [5, 5.41) is 11.9. The number of benzene rings is 5. The van der Waals surface area contributed by atoms with E-state index in [1.165, 1.54) is 0 Å². The number of fused-ring (bicyclic) bond motifs is 2. The van der Waals surface area contributed by atoms with E-state index in [2.05, 4.69) is 45.5 Å². The van der Waals surface area contributed by atoms with Crippen LogP contribution in [0.1, 0.15) is 48.2 Å². The number of carbonyl (C=O) groups is 1. The number of allylic oxidation sites excluding steroid dienone is 1. The van der Waals surface area contributed by atoms with Crippen molar-refractivity contribution < 1.29 is 14.6 Å². The molecule has 10 heteroatoms. The van der Waals surface area contributed by atoms with Gasteiger partial charge in [-0.1, -0.05) is 103 Å². The van der Waals surface area contributed by atoms with Gasteiger partial charge in [-0.15, -0.1) is 0 Å². The Morgan fingerprint density at radius 1 is 0.704 bits per heavy atom. The number of hydrogen-bond donors (Lipinski definition) is 1. The van der Waals surface area contributed by atoms with E-state index in [0.717, 1.165) is 44.8 Å². The number of ether oxygens (including phenoxy) is 1. The van der Waals surface area contributed by atoms with Gasteiger partial charge in [-0.2, -0.15) is 0 Å². The molecular formula is C44H40N6O3S. The molecule has 2 aromatic heterocycles. The average Bonchev–Trinajstić information content (AvgIpc) is 3.71. The van der Waals surface area contributed by atoms with Crippen molar-refractivity contribution in [2.75, 3.05) is 6.61 Å². The minimum atomic E-state index is -0.761. The Hall–Kier alpha value is -6.26. The summed E-state index contributed by atoms with van der Waals surface area (Å²) in [4.78, 5) is 28.4. The molecule has 3 heterocycles. The summed E-state index contributed by atoms with van der Waals surface area (Å²) in [6.07, 6.45) is 1.20. The van der Waals surface area contributed by atoms with Gasteiger partial charge in [0.05, 0.1) is 47.0 Å². The second-order valence-electron chi connectivity index (χ2n) is 13.4. The maximum absolute atomic E-state index is 14.3. The smallest absolute Gasteiger partial charge is 0.338 e. The monoisotopic (exact) mass is 732 g/mol. The normalized spacial score (nSPS) is 14.7. The van der Waals surface area contributed by atoms with Crippen LogP contribution >= 0.6 is 12.2 Å². The van der Waals surface area contributed by atoms with Crippen LogP contribution in [-0.4, -0.2) is 51.7 Å². The van der Waals surface area contributed by atoms with Crippen molar-refractivity contribution in [3.8, 4) is 5.75 Å². The number of phenolic OH excluding ortho intramolecular Hbond substituents is 1. The van der Waals surface area contributed by atoms with Gasteiger partial charge < -0.3 is 28.8 Å². The fourth-order valence-electron chi connectivity index (χ4n) is 7.41. The zero-order chi connectivity index (χ0) is 37.2. The number of aromatic nitrogens is 4. The lowest BCUT2D eigenvalue weighted by atomic mass is 9.93. The molecule has 1 atom stereocenters. The molecule has 0 fully saturated rings. The van der Waals surface area contributed by atoms with E-state index in [-0.39, 0.29) is 19.0 Å². The van der Waals surface area contributed by atoms with Crippen molar-refractivity contribution in [1.82, 2.24) is 28.9 Å². The number of aromatic hydroxyl groups is 1. The Kier molecular flexibility index (Phi) is 9.67. The third-order valence-electron chi connectivity index (χ3n) is 10.0. The summed E-state index contributed by atoms with van der Waals surface area (Å²) in [6.45, 7) is 4.43. The Labute approximate surface area is 319 Å². The van der Waals surface area contributed by atoms with Crippen molar-refractivity contribution in [2.24, 2.45) is 0 Å². The second kappa shape index (κ2) is 15.0. The first-order valence-electron chi connectivity index (χ1n) is 18.1. The quantitative estimate of drug-likeness (QED) is 0.105. The van der Waals surface area contributed by atoms with E-state index < -0.39 is 12.0 Å². The molecule has 1 aliphatic heterocycles. The van der Waals surface area contributed by atoms with Gasteiger partial charge >= 0.3 is 5.97 Å². The molecule has 1 unspecified atom stereocenters. The zero-order valence-corrected chi connectivity index (χ0v) is 31.0. The van der Waals surface area contributed by atoms with Crippen LogP contribution in [0.2, 0.25) is 0 Å². The number of esters is 1.